The summed E-state index contributed by atoms with van der Waals surface area (Å²) in [6.45, 7) is 4.33. The Bertz CT molecular complexity index is 630. The molecule has 0 saturated heterocycles. The molecule has 0 saturated carbocycles. The van der Waals surface area contributed by atoms with Gasteiger partial charge >= 0.3 is 0 Å². The molecule has 0 spiro atoms. The Morgan fingerprint density at radius 3 is 2.47 bits per heavy atom. The van der Waals surface area contributed by atoms with Gasteiger partial charge in [0, 0.05) is 5.56 Å². The van der Waals surface area contributed by atoms with Gasteiger partial charge in [0.25, 0.3) is 0 Å². The molecule has 2 nitrogen and oxygen atoms in total. The Morgan fingerprint density at radius 2 is 1.79 bits per heavy atom. The van der Waals surface area contributed by atoms with Gasteiger partial charge in [-0.1, -0.05) is 38.1 Å². The van der Waals surface area contributed by atoms with Crippen molar-refractivity contribution in [3.63, 3.8) is 0 Å². The van der Waals surface area contributed by atoms with Gasteiger partial charge in [0.1, 0.15) is 11.9 Å². The number of fused-ring (bicyclic) bond motifs is 1. The van der Waals surface area contributed by atoms with Crippen molar-refractivity contribution in [3.8, 4) is 0 Å². The van der Waals surface area contributed by atoms with Gasteiger partial charge in [-0.05, 0) is 35.2 Å². The first-order valence-electron chi connectivity index (χ1n) is 6.45. The second-order valence-electron chi connectivity index (χ2n) is 5.14. The lowest BCUT2D eigenvalue weighted by Crippen LogP contribution is -1.96. The summed E-state index contributed by atoms with van der Waals surface area (Å²) in [4.78, 5) is 0. The van der Waals surface area contributed by atoms with Crippen LogP contribution in [0.25, 0.3) is 0 Å². The molecule has 1 heterocycles. The predicted octanol–water partition coefficient (Wildman–Crippen LogP) is 5.14. The van der Waals surface area contributed by atoms with Gasteiger partial charge < -0.3 is 0 Å². The summed E-state index contributed by atoms with van der Waals surface area (Å²) in [6.07, 6.45) is 0. The Kier molecular flexibility index (Phi) is 2.90. The van der Waals surface area contributed by atoms with Gasteiger partial charge in [0.05, 0.1) is 5.69 Å². The molecule has 1 aliphatic heterocycles. The molecule has 0 aliphatic carbocycles. The summed E-state index contributed by atoms with van der Waals surface area (Å²) < 4.78 is 13.0. The van der Waals surface area contributed by atoms with Crippen LogP contribution >= 0.6 is 0 Å². The number of azo groups is 1. The van der Waals surface area contributed by atoms with Crippen LogP contribution in [-0.4, -0.2) is 0 Å². The maximum atomic E-state index is 13.0. The first kappa shape index (κ1) is 12.0. The van der Waals surface area contributed by atoms with E-state index in [1.165, 1.54) is 17.7 Å². The minimum Gasteiger partial charge on any atom is -0.207 e. The first-order chi connectivity index (χ1) is 9.15. The quantitative estimate of drug-likeness (QED) is 0.709. The Hall–Kier alpha value is -2.03. The summed E-state index contributed by atoms with van der Waals surface area (Å²) in [5.41, 5.74) is 4.28. The molecule has 19 heavy (non-hydrogen) atoms. The molecular formula is C16H15FN2. The van der Waals surface area contributed by atoms with Crippen LogP contribution in [0.15, 0.2) is 52.7 Å². The van der Waals surface area contributed by atoms with E-state index in [1.807, 2.05) is 6.07 Å². The minimum atomic E-state index is -0.227. The summed E-state index contributed by atoms with van der Waals surface area (Å²) >= 11 is 0. The third-order valence-corrected chi connectivity index (χ3v) is 3.48. The van der Waals surface area contributed by atoms with Crippen LogP contribution in [0, 0.1) is 5.82 Å². The summed E-state index contributed by atoms with van der Waals surface area (Å²) in [5.74, 6) is 0.245. The molecule has 0 N–H and O–H groups in total. The molecule has 0 amide bonds. The Labute approximate surface area is 112 Å². The number of benzene rings is 2. The van der Waals surface area contributed by atoms with E-state index in [0.717, 1.165) is 16.8 Å². The smallest absolute Gasteiger partial charge is 0.123 e. The average Bonchev–Trinajstić information content (AvgIpc) is 2.82. The predicted molar refractivity (Wildman–Crippen MR) is 73.3 cm³/mol. The first-order valence-corrected chi connectivity index (χ1v) is 6.45. The van der Waals surface area contributed by atoms with Crippen LogP contribution in [0.1, 0.15) is 42.5 Å². The van der Waals surface area contributed by atoms with Crippen molar-refractivity contribution in [2.24, 2.45) is 10.2 Å². The van der Waals surface area contributed by atoms with Crippen LogP contribution in [0.3, 0.4) is 0 Å². The van der Waals surface area contributed by atoms with Crippen molar-refractivity contribution in [1.29, 1.82) is 0 Å². The van der Waals surface area contributed by atoms with Crippen LogP contribution in [0.4, 0.5) is 10.1 Å². The molecule has 1 aliphatic rings. The highest BCUT2D eigenvalue weighted by Gasteiger charge is 2.23. The zero-order chi connectivity index (χ0) is 13.4. The third-order valence-electron chi connectivity index (χ3n) is 3.48. The molecule has 0 fully saturated rings. The van der Waals surface area contributed by atoms with Gasteiger partial charge in [-0.25, -0.2) is 4.39 Å². The Morgan fingerprint density at radius 1 is 1.05 bits per heavy atom. The number of halogens is 1. The normalized spacial score (nSPS) is 16.9. The molecule has 0 aromatic heterocycles. The maximum Gasteiger partial charge on any atom is 0.123 e. The van der Waals surface area contributed by atoms with E-state index in [0.29, 0.717) is 5.92 Å². The standard InChI is InChI=1S/C16H15FN2/c1-10(2)12-5-8-15-14(9-12)16(19-18-15)11-3-6-13(17)7-4-11/h3-10,16H,1-2H3. The zero-order valence-electron chi connectivity index (χ0n) is 11.0. The van der Waals surface area contributed by atoms with Crippen LogP contribution in [0.2, 0.25) is 0 Å². The summed E-state index contributed by atoms with van der Waals surface area (Å²) in [7, 11) is 0. The van der Waals surface area contributed by atoms with Crippen LogP contribution < -0.4 is 0 Å². The molecule has 3 rings (SSSR count). The van der Waals surface area contributed by atoms with E-state index in [-0.39, 0.29) is 11.9 Å². The molecule has 0 bridgehead atoms. The molecule has 2 aromatic carbocycles. The van der Waals surface area contributed by atoms with Gasteiger partial charge in [-0.2, -0.15) is 10.2 Å². The largest absolute Gasteiger partial charge is 0.207 e. The maximum absolute atomic E-state index is 13.0. The van der Waals surface area contributed by atoms with Crippen LogP contribution in [-0.2, 0) is 0 Å². The second kappa shape index (κ2) is 4.57. The molecular weight excluding hydrogens is 239 g/mol. The highest BCUT2D eigenvalue weighted by Crippen LogP contribution is 2.40. The fourth-order valence-electron chi connectivity index (χ4n) is 2.32. The molecule has 0 radical (unpaired) electrons. The van der Waals surface area contributed by atoms with Crippen molar-refractivity contribution < 1.29 is 4.39 Å². The van der Waals surface area contributed by atoms with E-state index in [2.05, 4.69) is 36.2 Å². The van der Waals surface area contributed by atoms with Crippen molar-refractivity contribution in [1.82, 2.24) is 0 Å². The van der Waals surface area contributed by atoms with E-state index in [9.17, 15) is 4.39 Å². The van der Waals surface area contributed by atoms with Crippen molar-refractivity contribution >= 4 is 5.69 Å². The number of hydrogen-bond donors (Lipinski definition) is 0. The highest BCUT2D eigenvalue weighted by molar-refractivity contribution is 5.55. The van der Waals surface area contributed by atoms with Gasteiger partial charge in [0.2, 0.25) is 0 Å². The van der Waals surface area contributed by atoms with Crippen molar-refractivity contribution in [2.45, 2.75) is 25.8 Å². The fraction of sp³-hybridized carbons (Fsp3) is 0.250. The monoisotopic (exact) mass is 254 g/mol. The topological polar surface area (TPSA) is 24.7 Å². The Balaban J connectivity index is 2.03. The van der Waals surface area contributed by atoms with Crippen LogP contribution in [0.5, 0.6) is 0 Å². The molecule has 3 heteroatoms. The highest BCUT2D eigenvalue weighted by atomic mass is 19.1. The summed E-state index contributed by atoms with van der Waals surface area (Å²) in [6, 6.07) is 12.6. The fourth-order valence-corrected chi connectivity index (χ4v) is 2.32. The second-order valence-corrected chi connectivity index (χ2v) is 5.14. The van der Waals surface area contributed by atoms with Gasteiger partial charge in [-0.3, -0.25) is 0 Å². The molecule has 96 valence electrons. The van der Waals surface area contributed by atoms with Gasteiger partial charge in [0.15, 0.2) is 0 Å². The zero-order valence-corrected chi connectivity index (χ0v) is 11.0. The third kappa shape index (κ3) is 2.16. The molecule has 1 unspecified atom stereocenters. The molecule has 2 aromatic rings. The number of rotatable bonds is 2. The lowest BCUT2D eigenvalue weighted by Gasteiger charge is -2.11. The van der Waals surface area contributed by atoms with E-state index < -0.39 is 0 Å². The number of hydrogen-bond acceptors (Lipinski definition) is 2. The van der Waals surface area contributed by atoms with Gasteiger partial charge in [-0.15, -0.1) is 0 Å². The molecule has 1 atom stereocenters. The SMILES string of the molecule is CC(C)c1ccc2c(c1)C(c1ccc(F)cc1)N=N2. The lowest BCUT2D eigenvalue weighted by molar-refractivity contribution is 0.626. The number of nitrogens with zero attached hydrogens (tertiary/aromatic N) is 2. The summed E-state index contributed by atoms with van der Waals surface area (Å²) in [5, 5.41) is 8.52. The lowest BCUT2D eigenvalue weighted by atomic mass is 9.94. The van der Waals surface area contributed by atoms with E-state index >= 15 is 0 Å². The average molecular weight is 254 g/mol. The minimum absolute atomic E-state index is 0.103. The van der Waals surface area contributed by atoms with Crippen molar-refractivity contribution in [3.05, 3.63) is 65.0 Å². The van der Waals surface area contributed by atoms with Crippen molar-refractivity contribution in [2.75, 3.05) is 0 Å². The van der Waals surface area contributed by atoms with E-state index in [4.69, 9.17) is 0 Å². The van der Waals surface area contributed by atoms with E-state index in [1.54, 1.807) is 12.1 Å².